The second-order valence-electron chi connectivity index (χ2n) is 4.41. The zero-order valence-electron chi connectivity index (χ0n) is 11.3. The lowest BCUT2D eigenvalue weighted by atomic mass is 10.0. The number of hydrogen-bond acceptors (Lipinski definition) is 4. The van der Waals surface area contributed by atoms with Crippen LogP contribution in [0, 0.1) is 0 Å². The number of ether oxygens (including phenoxy) is 4. The van der Waals surface area contributed by atoms with Gasteiger partial charge in [-0.05, 0) is 15.9 Å². The number of methoxy groups -OCH3 is 2. The van der Waals surface area contributed by atoms with E-state index >= 15 is 0 Å². The highest BCUT2D eigenvalue weighted by molar-refractivity contribution is 9.10. The Bertz CT molecular complexity index is 635. The van der Waals surface area contributed by atoms with Crippen LogP contribution in [0.2, 0.25) is 0 Å². The first-order chi connectivity index (χ1) is 9.77. The lowest BCUT2D eigenvalue weighted by molar-refractivity contribution is -0.0460. The molecule has 5 heteroatoms. The van der Waals surface area contributed by atoms with Gasteiger partial charge in [-0.15, -0.1) is 0 Å². The third-order valence-corrected chi connectivity index (χ3v) is 4.15. The molecule has 20 heavy (non-hydrogen) atoms. The summed E-state index contributed by atoms with van der Waals surface area (Å²) < 4.78 is 23.2. The Morgan fingerprint density at radius 2 is 1.55 bits per heavy atom. The first-order valence-corrected chi connectivity index (χ1v) is 7.12. The Morgan fingerprint density at radius 3 is 2.10 bits per heavy atom. The van der Waals surface area contributed by atoms with E-state index in [4.69, 9.17) is 18.9 Å². The number of rotatable bonds is 3. The average Bonchev–Trinajstić information content (AvgIpc) is 2.99. The minimum Gasteiger partial charge on any atom is -0.496 e. The summed E-state index contributed by atoms with van der Waals surface area (Å²) in [5.74, 6) is 1.51. The Balaban J connectivity index is 2.34. The molecule has 4 nitrogen and oxygen atoms in total. The van der Waals surface area contributed by atoms with Gasteiger partial charge in [-0.1, -0.05) is 24.3 Å². The van der Waals surface area contributed by atoms with Crippen molar-refractivity contribution in [2.75, 3.05) is 27.4 Å². The highest BCUT2D eigenvalue weighted by Crippen LogP contribution is 2.47. The quantitative estimate of drug-likeness (QED) is 0.855. The fraction of sp³-hybridized carbons (Fsp3) is 0.333. The number of benzene rings is 2. The lowest BCUT2D eigenvalue weighted by Gasteiger charge is -2.20. The van der Waals surface area contributed by atoms with Crippen molar-refractivity contribution in [2.24, 2.45) is 0 Å². The van der Waals surface area contributed by atoms with Crippen LogP contribution in [0.25, 0.3) is 10.8 Å². The fourth-order valence-electron chi connectivity index (χ4n) is 2.52. The molecule has 2 aromatic rings. The van der Waals surface area contributed by atoms with E-state index in [0.29, 0.717) is 13.2 Å². The first kappa shape index (κ1) is 13.7. The molecular weight excluding hydrogens is 324 g/mol. The molecule has 0 saturated carbocycles. The molecule has 1 aliphatic rings. The second kappa shape index (κ2) is 5.60. The summed E-state index contributed by atoms with van der Waals surface area (Å²) in [5, 5.41) is 1.96. The van der Waals surface area contributed by atoms with Crippen molar-refractivity contribution in [3.63, 3.8) is 0 Å². The van der Waals surface area contributed by atoms with Crippen molar-refractivity contribution in [3.05, 3.63) is 34.3 Å². The van der Waals surface area contributed by atoms with Crippen molar-refractivity contribution in [3.8, 4) is 11.5 Å². The summed E-state index contributed by atoms with van der Waals surface area (Å²) in [6, 6.07) is 7.94. The van der Waals surface area contributed by atoms with Gasteiger partial charge in [0, 0.05) is 10.8 Å². The van der Waals surface area contributed by atoms with Crippen LogP contribution >= 0.6 is 15.9 Å². The first-order valence-electron chi connectivity index (χ1n) is 6.33. The van der Waals surface area contributed by atoms with E-state index in [9.17, 15) is 0 Å². The molecule has 0 unspecified atom stereocenters. The maximum atomic E-state index is 5.62. The van der Waals surface area contributed by atoms with Gasteiger partial charge >= 0.3 is 0 Å². The number of halogens is 1. The van der Waals surface area contributed by atoms with E-state index < -0.39 is 6.29 Å². The monoisotopic (exact) mass is 338 g/mol. The van der Waals surface area contributed by atoms with Gasteiger partial charge in [0.15, 0.2) is 6.29 Å². The van der Waals surface area contributed by atoms with E-state index in [1.807, 2.05) is 24.3 Å². The molecule has 3 rings (SSSR count). The molecule has 1 saturated heterocycles. The molecule has 106 valence electrons. The number of hydrogen-bond donors (Lipinski definition) is 0. The standard InChI is InChI=1S/C15H15BrO4/c1-17-13-9-5-3-4-6-10(9)14(18-2)12(16)11(13)15-19-7-8-20-15/h3-6,15H,7-8H2,1-2H3. The smallest absolute Gasteiger partial charge is 0.188 e. The predicted molar refractivity (Wildman–Crippen MR) is 79.4 cm³/mol. The maximum absolute atomic E-state index is 5.62. The predicted octanol–water partition coefficient (Wildman–Crippen LogP) is 3.66. The minimum absolute atomic E-state index is 0.433. The molecule has 0 amide bonds. The summed E-state index contributed by atoms with van der Waals surface area (Å²) in [4.78, 5) is 0. The van der Waals surface area contributed by atoms with Crippen molar-refractivity contribution < 1.29 is 18.9 Å². The van der Waals surface area contributed by atoms with Crippen LogP contribution in [0.15, 0.2) is 28.7 Å². The Hall–Kier alpha value is -1.30. The van der Waals surface area contributed by atoms with Crippen LogP contribution in [0.1, 0.15) is 11.9 Å². The van der Waals surface area contributed by atoms with Crippen molar-refractivity contribution >= 4 is 26.7 Å². The lowest BCUT2D eigenvalue weighted by Crippen LogP contribution is -2.05. The summed E-state index contributed by atoms with van der Waals surface area (Å²) in [6.07, 6.45) is -0.433. The van der Waals surface area contributed by atoms with E-state index in [0.717, 1.165) is 32.3 Å². The Labute approximate surface area is 125 Å². The third kappa shape index (κ3) is 2.06. The van der Waals surface area contributed by atoms with Gasteiger partial charge in [-0.3, -0.25) is 0 Å². The molecule has 0 spiro atoms. The van der Waals surface area contributed by atoms with Crippen LogP contribution in [0.4, 0.5) is 0 Å². The summed E-state index contributed by atoms with van der Waals surface area (Å²) in [6.45, 7) is 1.16. The van der Waals surface area contributed by atoms with Crippen LogP contribution < -0.4 is 9.47 Å². The van der Waals surface area contributed by atoms with Crippen molar-refractivity contribution in [1.82, 2.24) is 0 Å². The van der Waals surface area contributed by atoms with Gasteiger partial charge in [0.2, 0.25) is 0 Å². The average molecular weight is 339 g/mol. The van der Waals surface area contributed by atoms with E-state index in [-0.39, 0.29) is 0 Å². The topological polar surface area (TPSA) is 36.9 Å². The molecule has 1 aliphatic heterocycles. The molecular formula is C15H15BrO4. The summed E-state index contributed by atoms with van der Waals surface area (Å²) in [7, 11) is 3.30. The Kier molecular flexibility index (Phi) is 3.83. The highest BCUT2D eigenvalue weighted by atomic mass is 79.9. The van der Waals surface area contributed by atoms with E-state index in [2.05, 4.69) is 15.9 Å². The largest absolute Gasteiger partial charge is 0.496 e. The zero-order valence-corrected chi connectivity index (χ0v) is 12.9. The van der Waals surface area contributed by atoms with Gasteiger partial charge in [-0.2, -0.15) is 0 Å². The zero-order chi connectivity index (χ0) is 14.1. The van der Waals surface area contributed by atoms with E-state index in [1.54, 1.807) is 14.2 Å². The Morgan fingerprint density at radius 1 is 1.00 bits per heavy atom. The molecule has 0 N–H and O–H groups in total. The molecule has 0 atom stereocenters. The van der Waals surface area contributed by atoms with Crippen LogP contribution in [0.5, 0.6) is 11.5 Å². The molecule has 1 heterocycles. The second-order valence-corrected chi connectivity index (χ2v) is 5.21. The molecule has 0 aromatic heterocycles. The minimum atomic E-state index is -0.433. The molecule has 2 aromatic carbocycles. The van der Waals surface area contributed by atoms with Crippen LogP contribution in [-0.2, 0) is 9.47 Å². The summed E-state index contributed by atoms with van der Waals surface area (Å²) >= 11 is 3.60. The molecule has 1 fully saturated rings. The normalized spacial score (nSPS) is 15.8. The summed E-state index contributed by atoms with van der Waals surface area (Å²) in [5.41, 5.74) is 0.834. The van der Waals surface area contributed by atoms with E-state index in [1.165, 1.54) is 0 Å². The maximum Gasteiger partial charge on any atom is 0.188 e. The van der Waals surface area contributed by atoms with Gasteiger partial charge in [0.05, 0.1) is 37.5 Å². The van der Waals surface area contributed by atoms with Gasteiger partial charge in [0.1, 0.15) is 11.5 Å². The van der Waals surface area contributed by atoms with Crippen molar-refractivity contribution in [1.29, 1.82) is 0 Å². The van der Waals surface area contributed by atoms with Crippen molar-refractivity contribution in [2.45, 2.75) is 6.29 Å². The fourth-order valence-corrected chi connectivity index (χ4v) is 3.26. The molecule has 0 aliphatic carbocycles. The van der Waals surface area contributed by atoms with Gasteiger partial charge in [0.25, 0.3) is 0 Å². The van der Waals surface area contributed by atoms with Gasteiger partial charge in [-0.25, -0.2) is 0 Å². The molecule has 0 radical (unpaired) electrons. The highest BCUT2D eigenvalue weighted by Gasteiger charge is 2.29. The van der Waals surface area contributed by atoms with Crippen LogP contribution in [0.3, 0.4) is 0 Å². The van der Waals surface area contributed by atoms with Crippen LogP contribution in [-0.4, -0.2) is 27.4 Å². The third-order valence-electron chi connectivity index (χ3n) is 3.36. The molecule has 0 bridgehead atoms. The SMILES string of the molecule is COc1c(Br)c(C2OCCO2)c(OC)c2ccccc12. The van der Waals surface area contributed by atoms with Gasteiger partial charge < -0.3 is 18.9 Å². The number of fused-ring (bicyclic) bond motifs is 1.